The molecule has 4 heteroatoms. The second kappa shape index (κ2) is 4.98. The molecule has 1 heterocycles. The molecule has 1 aromatic heterocycles. The van der Waals surface area contributed by atoms with Crippen LogP contribution in [-0.2, 0) is 7.05 Å². The van der Waals surface area contributed by atoms with Gasteiger partial charge in [0.15, 0.2) is 5.43 Å². The quantitative estimate of drug-likeness (QED) is 0.785. The molecule has 0 atom stereocenters. The molecule has 106 valence electrons. The lowest BCUT2D eigenvalue weighted by atomic mass is 10.0. The zero-order valence-electron chi connectivity index (χ0n) is 12.0. The molecule has 2 aromatic carbocycles. The van der Waals surface area contributed by atoms with E-state index in [-0.39, 0.29) is 5.43 Å². The normalized spacial score (nSPS) is 10.8. The summed E-state index contributed by atoms with van der Waals surface area (Å²) in [7, 11) is 3.47. The number of aryl methyl sites for hydroxylation is 1. The highest BCUT2D eigenvalue weighted by Crippen LogP contribution is 2.27. The highest BCUT2D eigenvalue weighted by atomic mass is 16.5. The van der Waals surface area contributed by atoms with E-state index in [1.165, 1.54) is 0 Å². The van der Waals surface area contributed by atoms with Gasteiger partial charge < -0.3 is 15.0 Å². The number of hydrogen-bond donors (Lipinski definition) is 1. The van der Waals surface area contributed by atoms with Crippen molar-refractivity contribution in [3.05, 3.63) is 58.8 Å². The minimum Gasteiger partial charge on any atom is -0.497 e. The number of anilines is 1. The van der Waals surface area contributed by atoms with Crippen molar-refractivity contribution in [2.24, 2.45) is 7.05 Å². The second-order valence-corrected chi connectivity index (χ2v) is 4.89. The molecule has 0 unspecified atom stereocenters. The van der Waals surface area contributed by atoms with Gasteiger partial charge in [-0.15, -0.1) is 0 Å². The van der Waals surface area contributed by atoms with Gasteiger partial charge in [0.2, 0.25) is 0 Å². The number of fused-ring (bicyclic) bond motifs is 1. The first-order chi connectivity index (χ1) is 10.1. The van der Waals surface area contributed by atoms with E-state index >= 15 is 0 Å². The number of nitrogens with zero attached hydrogens (tertiary/aromatic N) is 1. The third-order valence-electron chi connectivity index (χ3n) is 3.73. The fourth-order valence-electron chi connectivity index (χ4n) is 2.54. The van der Waals surface area contributed by atoms with Crippen LogP contribution in [-0.4, -0.2) is 11.7 Å². The van der Waals surface area contributed by atoms with Crippen LogP contribution in [0.1, 0.15) is 0 Å². The molecule has 4 nitrogen and oxygen atoms in total. The summed E-state index contributed by atoms with van der Waals surface area (Å²) in [6.45, 7) is 0. The molecule has 21 heavy (non-hydrogen) atoms. The second-order valence-electron chi connectivity index (χ2n) is 4.89. The van der Waals surface area contributed by atoms with E-state index in [0.717, 1.165) is 16.8 Å². The highest BCUT2D eigenvalue weighted by molar-refractivity contribution is 5.89. The van der Waals surface area contributed by atoms with Crippen molar-refractivity contribution < 1.29 is 4.74 Å². The van der Waals surface area contributed by atoms with Crippen molar-refractivity contribution in [2.45, 2.75) is 0 Å². The Balaban J connectivity index is 2.34. The Bertz CT molecular complexity index is 864. The van der Waals surface area contributed by atoms with Crippen LogP contribution in [0.4, 0.5) is 5.82 Å². The summed E-state index contributed by atoms with van der Waals surface area (Å²) in [5, 5.41) is 0.667. The first kappa shape index (κ1) is 13.2. The Labute approximate surface area is 122 Å². The number of rotatable bonds is 2. The predicted octanol–water partition coefficient (Wildman–Crippen LogP) is 2.80. The van der Waals surface area contributed by atoms with Gasteiger partial charge in [-0.1, -0.05) is 24.3 Å². The maximum Gasteiger partial charge on any atom is 0.199 e. The summed E-state index contributed by atoms with van der Waals surface area (Å²) in [5.41, 5.74) is 8.28. The summed E-state index contributed by atoms with van der Waals surface area (Å²) in [4.78, 5) is 12.7. The predicted molar refractivity (Wildman–Crippen MR) is 85.6 cm³/mol. The third kappa shape index (κ3) is 2.05. The van der Waals surface area contributed by atoms with Gasteiger partial charge in [-0.2, -0.15) is 0 Å². The van der Waals surface area contributed by atoms with Crippen LogP contribution in [0.5, 0.6) is 5.75 Å². The summed E-state index contributed by atoms with van der Waals surface area (Å²) >= 11 is 0. The Morgan fingerprint density at radius 3 is 2.38 bits per heavy atom. The number of ether oxygens (including phenoxy) is 1. The molecule has 0 saturated carbocycles. The van der Waals surface area contributed by atoms with E-state index in [9.17, 15) is 4.79 Å². The van der Waals surface area contributed by atoms with Gasteiger partial charge in [-0.3, -0.25) is 4.79 Å². The van der Waals surface area contributed by atoms with Gasteiger partial charge in [-0.25, -0.2) is 0 Å². The van der Waals surface area contributed by atoms with Gasteiger partial charge >= 0.3 is 0 Å². The lowest BCUT2D eigenvalue weighted by Crippen LogP contribution is -2.15. The average Bonchev–Trinajstić information content (AvgIpc) is 2.53. The van der Waals surface area contributed by atoms with Crippen molar-refractivity contribution in [1.82, 2.24) is 4.57 Å². The minimum atomic E-state index is -0.0497. The molecule has 0 saturated heterocycles. The Hall–Kier alpha value is -2.75. The molecule has 0 amide bonds. The Morgan fingerprint density at radius 1 is 1.05 bits per heavy atom. The highest BCUT2D eigenvalue weighted by Gasteiger charge is 2.14. The van der Waals surface area contributed by atoms with Crippen molar-refractivity contribution in [3.63, 3.8) is 0 Å². The lowest BCUT2D eigenvalue weighted by molar-refractivity contribution is 0.415. The number of para-hydroxylation sites is 1. The van der Waals surface area contributed by atoms with E-state index in [1.54, 1.807) is 7.11 Å². The summed E-state index contributed by atoms with van der Waals surface area (Å²) < 4.78 is 6.99. The van der Waals surface area contributed by atoms with Gasteiger partial charge in [-0.05, 0) is 29.8 Å². The number of aromatic nitrogens is 1. The molecule has 0 radical (unpaired) electrons. The average molecular weight is 280 g/mol. The summed E-state index contributed by atoms with van der Waals surface area (Å²) in [6.07, 6.45) is 0. The fraction of sp³-hybridized carbons (Fsp3) is 0.118. The van der Waals surface area contributed by atoms with Crippen molar-refractivity contribution >= 4 is 16.7 Å². The zero-order chi connectivity index (χ0) is 15.0. The number of hydrogen-bond acceptors (Lipinski definition) is 3. The van der Waals surface area contributed by atoms with Crippen molar-refractivity contribution in [1.29, 1.82) is 0 Å². The Morgan fingerprint density at radius 2 is 1.71 bits per heavy atom. The van der Waals surface area contributed by atoms with Crippen LogP contribution in [0.25, 0.3) is 22.0 Å². The number of benzene rings is 2. The van der Waals surface area contributed by atoms with Crippen LogP contribution >= 0.6 is 0 Å². The number of pyridine rings is 1. The van der Waals surface area contributed by atoms with Gasteiger partial charge in [0.05, 0.1) is 18.2 Å². The van der Waals surface area contributed by atoms with E-state index in [0.29, 0.717) is 16.8 Å². The molecule has 0 aliphatic rings. The first-order valence-electron chi connectivity index (χ1n) is 6.65. The minimum absolute atomic E-state index is 0.0497. The van der Waals surface area contributed by atoms with Gasteiger partial charge in [0.25, 0.3) is 0 Å². The molecule has 0 aliphatic carbocycles. The molecule has 0 fully saturated rings. The molecule has 0 spiro atoms. The first-order valence-corrected chi connectivity index (χ1v) is 6.65. The number of nitrogens with two attached hydrogens (primary N) is 1. The number of nitrogen functional groups attached to an aromatic ring is 1. The van der Waals surface area contributed by atoms with Crippen LogP contribution in [0.15, 0.2) is 53.3 Å². The Kier molecular flexibility index (Phi) is 3.14. The standard InChI is InChI=1S/C17H16N2O2/c1-19-14-6-4-3-5-13(14)16(20)15(17(19)18)11-7-9-12(21-2)10-8-11/h3-10H,18H2,1-2H3. The summed E-state index contributed by atoms with van der Waals surface area (Å²) in [5.74, 6) is 1.21. The van der Waals surface area contributed by atoms with E-state index in [2.05, 4.69) is 0 Å². The van der Waals surface area contributed by atoms with Gasteiger partial charge in [0, 0.05) is 12.4 Å². The van der Waals surface area contributed by atoms with Crippen LogP contribution in [0.2, 0.25) is 0 Å². The largest absolute Gasteiger partial charge is 0.497 e. The molecule has 2 N–H and O–H groups in total. The molecule has 3 rings (SSSR count). The van der Waals surface area contributed by atoms with Gasteiger partial charge in [0.1, 0.15) is 11.6 Å². The van der Waals surface area contributed by atoms with E-state index in [4.69, 9.17) is 10.5 Å². The molecule has 0 bridgehead atoms. The van der Waals surface area contributed by atoms with Crippen LogP contribution in [0.3, 0.4) is 0 Å². The molecule has 0 aliphatic heterocycles. The molecule has 3 aromatic rings. The van der Waals surface area contributed by atoms with Crippen molar-refractivity contribution in [2.75, 3.05) is 12.8 Å². The topological polar surface area (TPSA) is 57.2 Å². The maximum absolute atomic E-state index is 12.7. The molecular weight excluding hydrogens is 264 g/mol. The van der Waals surface area contributed by atoms with Crippen molar-refractivity contribution in [3.8, 4) is 16.9 Å². The fourth-order valence-corrected chi connectivity index (χ4v) is 2.54. The van der Waals surface area contributed by atoms with Crippen LogP contribution < -0.4 is 15.9 Å². The smallest absolute Gasteiger partial charge is 0.199 e. The van der Waals surface area contributed by atoms with Crippen LogP contribution in [0, 0.1) is 0 Å². The third-order valence-corrected chi connectivity index (χ3v) is 3.73. The lowest BCUT2D eigenvalue weighted by Gasteiger charge is -2.14. The van der Waals surface area contributed by atoms with E-state index in [1.807, 2.05) is 60.1 Å². The zero-order valence-corrected chi connectivity index (χ0v) is 12.0. The SMILES string of the molecule is COc1ccc(-c2c(N)n(C)c3ccccc3c2=O)cc1. The molecular formula is C17H16N2O2. The maximum atomic E-state index is 12.7. The monoisotopic (exact) mass is 280 g/mol. The summed E-state index contributed by atoms with van der Waals surface area (Å²) in [6, 6.07) is 14.8. The number of methoxy groups -OCH3 is 1. The van der Waals surface area contributed by atoms with E-state index < -0.39 is 0 Å².